The SMILES string of the molecule is C=C[C@](CCc1ccccc1)(CC(=O)N1C(=O)OC[C@@H]1c1ccccc1)C(F)(F)F. The number of hydrogen-bond donors (Lipinski definition) is 0. The van der Waals surface area contributed by atoms with Crippen LogP contribution in [0.1, 0.15) is 30.0 Å². The number of imide groups is 1. The van der Waals surface area contributed by atoms with E-state index in [9.17, 15) is 22.8 Å². The third-order valence-corrected chi connectivity index (χ3v) is 5.45. The number of amides is 2. The summed E-state index contributed by atoms with van der Waals surface area (Å²) in [6.07, 6.45) is -6.00. The molecule has 1 saturated heterocycles. The summed E-state index contributed by atoms with van der Waals surface area (Å²) in [5.74, 6) is -0.934. The highest BCUT2D eigenvalue weighted by Gasteiger charge is 2.55. The molecule has 2 aromatic rings. The Labute approximate surface area is 173 Å². The van der Waals surface area contributed by atoms with Gasteiger partial charge in [-0.05, 0) is 24.0 Å². The van der Waals surface area contributed by atoms with Crippen LogP contribution in [0.3, 0.4) is 0 Å². The first-order valence-electron chi connectivity index (χ1n) is 9.55. The Balaban J connectivity index is 1.85. The van der Waals surface area contributed by atoms with Crippen molar-refractivity contribution in [3.63, 3.8) is 0 Å². The van der Waals surface area contributed by atoms with Crippen LogP contribution in [0.5, 0.6) is 0 Å². The minimum absolute atomic E-state index is 0.0916. The van der Waals surface area contributed by atoms with Gasteiger partial charge in [0.15, 0.2) is 0 Å². The first-order chi connectivity index (χ1) is 14.3. The number of nitrogens with zero attached hydrogens (tertiary/aromatic N) is 1. The van der Waals surface area contributed by atoms with E-state index in [1.54, 1.807) is 60.7 Å². The lowest BCUT2D eigenvalue weighted by molar-refractivity contribution is -0.212. The van der Waals surface area contributed by atoms with Gasteiger partial charge in [0.1, 0.15) is 12.6 Å². The molecule has 0 spiro atoms. The molecular formula is C23H22F3NO3. The summed E-state index contributed by atoms with van der Waals surface area (Å²) < 4.78 is 47.2. The molecule has 1 fully saturated rings. The minimum Gasteiger partial charge on any atom is -0.446 e. The van der Waals surface area contributed by atoms with Gasteiger partial charge in [0, 0.05) is 6.42 Å². The predicted octanol–water partition coefficient (Wildman–Crippen LogP) is 5.46. The Kier molecular flexibility index (Phi) is 6.29. The third-order valence-electron chi connectivity index (χ3n) is 5.45. The number of aryl methyl sites for hydroxylation is 1. The lowest BCUT2D eigenvalue weighted by Crippen LogP contribution is -2.44. The molecule has 0 N–H and O–H groups in total. The van der Waals surface area contributed by atoms with Crippen molar-refractivity contribution in [3.05, 3.63) is 84.4 Å². The Morgan fingerprint density at radius 1 is 1.10 bits per heavy atom. The molecule has 2 atom stereocenters. The van der Waals surface area contributed by atoms with Crippen LogP contribution in [0.25, 0.3) is 0 Å². The van der Waals surface area contributed by atoms with Crippen LogP contribution in [0.4, 0.5) is 18.0 Å². The van der Waals surface area contributed by atoms with Crippen molar-refractivity contribution >= 4 is 12.0 Å². The summed E-state index contributed by atoms with van der Waals surface area (Å²) in [5, 5.41) is 0. The Morgan fingerprint density at radius 2 is 1.70 bits per heavy atom. The molecule has 158 valence electrons. The molecule has 0 aromatic heterocycles. The van der Waals surface area contributed by atoms with Crippen LogP contribution in [0, 0.1) is 5.41 Å². The standard InChI is InChI=1S/C23H22F3NO3/c1-2-22(23(24,25)26,14-13-17-9-5-3-6-10-17)15-20(28)27-19(16-30-21(27)29)18-11-7-4-8-12-18/h2-12,19H,1,13-16H2/t19-,22+/m1/s1. The quantitative estimate of drug-likeness (QED) is 0.562. The van der Waals surface area contributed by atoms with Gasteiger partial charge < -0.3 is 4.74 Å². The summed E-state index contributed by atoms with van der Waals surface area (Å²) >= 11 is 0. The number of hydrogen-bond acceptors (Lipinski definition) is 3. The fourth-order valence-electron chi connectivity index (χ4n) is 3.61. The van der Waals surface area contributed by atoms with Crippen LogP contribution in [-0.2, 0) is 16.0 Å². The topological polar surface area (TPSA) is 46.6 Å². The average Bonchev–Trinajstić information content (AvgIpc) is 3.13. The molecule has 0 saturated carbocycles. The number of ether oxygens (including phenoxy) is 1. The molecule has 1 heterocycles. The van der Waals surface area contributed by atoms with E-state index in [1.165, 1.54) is 0 Å². The van der Waals surface area contributed by atoms with E-state index in [-0.39, 0.29) is 19.4 Å². The van der Waals surface area contributed by atoms with E-state index in [0.29, 0.717) is 5.56 Å². The van der Waals surface area contributed by atoms with Gasteiger partial charge in [-0.15, -0.1) is 6.58 Å². The number of benzene rings is 2. The van der Waals surface area contributed by atoms with Crippen molar-refractivity contribution in [1.82, 2.24) is 4.90 Å². The van der Waals surface area contributed by atoms with Crippen molar-refractivity contribution in [2.75, 3.05) is 6.61 Å². The van der Waals surface area contributed by atoms with E-state index < -0.39 is 36.1 Å². The summed E-state index contributed by atoms with van der Waals surface area (Å²) in [4.78, 5) is 25.9. The molecule has 0 unspecified atom stereocenters. The fraction of sp³-hybridized carbons (Fsp3) is 0.304. The summed E-state index contributed by atoms with van der Waals surface area (Å²) in [6, 6.07) is 16.6. The van der Waals surface area contributed by atoms with E-state index in [0.717, 1.165) is 16.5 Å². The second-order valence-electron chi connectivity index (χ2n) is 7.29. The molecule has 2 amide bonds. The Bertz CT molecular complexity index is 899. The van der Waals surface area contributed by atoms with Crippen LogP contribution in [-0.4, -0.2) is 29.7 Å². The molecule has 7 heteroatoms. The van der Waals surface area contributed by atoms with Gasteiger partial charge in [0.25, 0.3) is 0 Å². The summed E-state index contributed by atoms with van der Waals surface area (Å²) in [5.41, 5.74) is -1.11. The first-order valence-corrected chi connectivity index (χ1v) is 9.55. The fourth-order valence-corrected chi connectivity index (χ4v) is 3.61. The maximum Gasteiger partial charge on any atom is 0.417 e. The largest absolute Gasteiger partial charge is 0.446 e. The van der Waals surface area contributed by atoms with Gasteiger partial charge in [-0.3, -0.25) is 4.79 Å². The minimum atomic E-state index is -4.70. The lowest BCUT2D eigenvalue weighted by Gasteiger charge is -2.34. The van der Waals surface area contributed by atoms with Crippen molar-refractivity contribution in [1.29, 1.82) is 0 Å². The Hall–Kier alpha value is -3.09. The second kappa shape index (κ2) is 8.73. The predicted molar refractivity (Wildman–Crippen MR) is 105 cm³/mol. The normalized spacial score (nSPS) is 18.6. The molecular weight excluding hydrogens is 395 g/mol. The van der Waals surface area contributed by atoms with Crippen LogP contribution in [0.2, 0.25) is 0 Å². The summed E-state index contributed by atoms with van der Waals surface area (Å²) in [7, 11) is 0. The van der Waals surface area contributed by atoms with Crippen molar-refractivity contribution in [2.24, 2.45) is 5.41 Å². The van der Waals surface area contributed by atoms with Gasteiger partial charge >= 0.3 is 12.3 Å². The maximum absolute atomic E-state index is 14.1. The van der Waals surface area contributed by atoms with E-state index in [2.05, 4.69) is 6.58 Å². The monoisotopic (exact) mass is 417 g/mol. The van der Waals surface area contributed by atoms with Crippen LogP contribution in [0.15, 0.2) is 73.3 Å². The number of carbonyl (C=O) groups excluding carboxylic acids is 2. The zero-order valence-electron chi connectivity index (χ0n) is 16.3. The summed E-state index contributed by atoms with van der Waals surface area (Å²) in [6.45, 7) is 3.29. The molecule has 1 aliphatic heterocycles. The van der Waals surface area contributed by atoms with Crippen molar-refractivity contribution in [2.45, 2.75) is 31.5 Å². The molecule has 0 bridgehead atoms. The van der Waals surface area contributed by atoms with Crippen LogP contribution >= 0.6 is 0 Å². The van der Waals surface area contributed by atoms with Gasteiger partial charge in [-0.25, -0.2) is 9.69 Å². The molecule has 0 radical (unpaired) electrons. The van der Waals surface area contributed by atoms with E-state index in [1.807, 2.05) is 0 Å². The van der Waals surface area contributed by atoms with Crippen LogP contribution < -0.4 is 0 Å². The number of halogens is 3. The lowest BCUT2D eigenvalue weighted by atomic mass is 9.78. The maximum atomic E-state index is 14.1. The number of allylic oxidation sites excluding steroid dienone is 1. The second-order valence-corrected chi connectivity index (χ2v) is 7.29. The van der Waals surface area contributed by atoms with Gasteiger partial charge in [-0.1, -0.05) is 66.7 Å². The number of rotatable bonds is 7. The van der Waals surface area contributed by atoms with Crippen molar-refractivity contribution in [3.8, 4) is 0 Å². The number of carbonyl (C=O) groups is 2. The highest BCUT2D eigenvalue weighted by molar-refractivity contribution is 5.94. The van der Waals surface area contributed by atoms with Gasteiger partial charge in [0.2, 0.25) is 5.91 Å². The molecule has 2 aromatic carbocycles. The first kappa shape index (κ1) is 21.6. The molecule has 0 aliphatic carbocycles. The van der Waals surface area contributed by atoms with Gasteiger partial charge in [-0.2, -0.15) is 13.2 Å². The number of alkyl halides is 3. The van der Waals surface area contributed by atoms with E-state index in [4.69, 9.17) is 4.74 Å². The molecule has 3 rings (SSSR count). The number of cyclic esters (lactones) is 1. The third kappa shape index (κ3) is 4.40. The Morgan fingerprint density at radius 3 is 2.27 bits per heavy atom. The van der Waals surface area contributed by atoms with Crippen molar-refractivity contribution < 1.29 is 27.5 Å². The van der Waals surface area contributed by atoms with E-state index >= 15 is 0 Å². The molecule has 1 aliphatic rings. The highest BCUT2D eigenvalue weighted by Crippen LogP contribution is 2.47. The molecule has 4 nitrogen and oxygen atoms in total. The molecule has 30 heavy (non-hydrogen) atoms. The highest BCUT2D eigenvalue weighted by atomic mass is 19.4. The zero-order valence-corrected chi connectivity index (χ0v) is 16.3. The van der Waals surface area contributed by atoms with Gasteiger partial charge in [0.05, 0.1) is 5.41 Å². The zero-order chi connectivity index (χ0) is 21.8. The smallest absolute Gasteiger partial charge is 0.417 e. The average molecular weight is 417 g/mol.